The highest BCUT2D eigenvalue weighted by Crippen LogP contribution is 2.30. The van der Waals surface area contributed by atoms with Crippen LogP contribution >= 0.6 is 35.0 Å². The summed E-state index contributed by atoms with van der Waals surface area (Å²) >= 11 is 13.4. The maximum atomic E-state index is 7.82. The second kappa shape index (κ2) is 6.15. The first-order valence-corrected chi connectivity index (χ1v) is 6.36. The summed E-state index contributed by atoms with van der Waals surface area (Å²) in [5, 5.41) is 9.50. The number of thioether (sulfide) groups is 1. The van der Waals surface area contributed by atoms with Crippen LogP contribution in [0.25, 0.3) is 0 Å². The Morgan fingerprint density at radius 1 is 1.25 bits per heavy atom. The molecule has 1 saturated heterocycles. The molecule has 2 rings (SSSR count). The smallest absolute Gasteiger partial charge is 0.160 e. The molecule has 0 radical (unpaired) electrons. The first-order valence-electron chi connectivity index (χ1n) is 4.62. The van der Waals surface area contributed by atoms with Gasteiger partial charge in [-0.1, -0.05) is 35.0 Å². The highest BCUT2D eigenvalue weighted by molar-refractivity contribution is 8.14. The van der Waals surface area contributed by atoms with Crippen LogP contribution in [-0.4, -0.2) is 17.5 Å². The minimum Gasteiger partial charge on any atom is -1.00 e. The molecule has 0 atom stereocenters. The lowest BCUT2D eigenvalue weighted by Crippen LogP contribution is -3.00. The molecule has 1 aliphatic heterocycles. The minimum atomic E-state index is 0. The van der Waals surface area contributed by atoms with Gasteiger partial charge in [0, 0.05) is 18.0 Å². The van der Waals surface area contributed by atoms with E-state index < -0.39 is 0 Å². The van der Waals surface area contributed by atoms with Crippen LogP contribution in [0.1, 0.15) is 6.42 Å². The molecule has 1 fully saturated rings. The van der Waals surface area contributed by atoms with Crippen LogP contribution in [0, 0.1) is 5.41 Å². The van der Waals surface area contributed by atoms with E-state index in [4.69, 9.17) is 28.6 Å². The zero-order valence-electron chi connectivity index (χ0n) is 8.34. The molecule has 88 valence electrons. The average molecular weight is 341 g/mol. The van der Waals surface area contributed by atoms with Crippen LogP contribution in [0.5, 0.6) is 0 Å². The van der Waals surface area contributed by atoms with E-state index in [2.05, 4.69) is 0 Å². The monoisotopic (exact) mass is 339 g/mol. The summed E-state index contributed by atoms with van der Waals surface area (Å²) < 4.78 is 0. The van der Waals surface area contributed by atoms with Gasteiger partial charge in [-0.15, -0.1) is 0 Å². The van der Waals surface area contributed by atoms with Gasteiger partial charge >= 0.3 is 0 Å². The van der Waals surface area contributed by atoms with Gasteiger partial charge in [0.15, 0.2) is 5.17 Å². The van der Waals surface area contributed by atoms with Gasteiger partial charge in [0.1, 0.15) is 0 Å². The molecular formula is C10H10BrCl2N2S-. The van der Waals surface area contributed by atoms with Crippen molar-refractivity contribution in [1.82, 2.24) is 0 Å². The number of benzene rings is 1. The van der Waals surface area contributed by atoms with Crippen molar-refractivity contribution >= 4 is 45.8 Å². The zero-order chi connectivity index (χ0) is 10.8. The maximum Gasteiger partial charge on any atom is 0.160 e. The van der Waals surface area contributed by atoms with Gasteiger partial charge in [0.05, 0.1) is 10.0 Å². The first kappa shape index (κ1) is 14.2. The molecule has 0 aliphatic carbocycles. The lowest BCUT2D eigenvalue weighted by molar-refractivity contribution is -0.00000295. The number of anilines is 1. The molecule has 1 aromatic rings. The first-order chi connectivity index (χ1) is 7.18. The van der Waals surface area contributed by atoms with Crippen LogP contribution in [0.15, 0.2) is 18.2 Å². The van der Waals surface area contributed by atoms with E-state index in [9.17, 15) is 0 Å². The third-order valence-corrected chi connectivity index (χ3v) is 3.95. The minimum absolute atomic E-state index is 0. The second-order valence-electron chi connectivity index (χ2n) is 3.26. The van der Waals surface area contributed by atoms with Gasteiger partial charge < -0.3 is 21.9 Å². The molecule has 0 saturated carbocycles. The molecular weight excluding hydrogens is 331 g/mol. The highest BCUT2D eigenvalue weighted by atomic mass is 79.9. The Hall–Kier alpha value is 0.1000. The Bertz CT molecular complexity index is 400. The second-order valence-corrected chi connectivity index (χ2v) is 5.16. The number of halogens is 3. The predicted molar refractivity (Wildman–Crippen MR) is 68.6 cm³/mol. The summed E-state index contributed by atoms with van der Waals surface area (Å²) in [6.45, 7) is 0.879. The quantitative estimate of drug-likeness (QED) is 0.821. The molecule has 1 aliphatic rings. The van der Waals surface area contributed by atoms with Crippen molar-refractivity contribution in [3.8, 4) is 0 Å². The number of nitrogens with one attached hydrogen (secondary N) is 1. The van der Waals surface area contributed by atoms with E-state index in [0.717, 1.165) is 24.4 Å². The third-order valence-electron chi connectivity index (χ3n) is 2.22. The lowest BCUT2D eigenvalue weighted by atomic mass is 10.3. The van der Waals surface area contributed by atoms with E-state index in [1.54, 1.807) is 17.8 Å². The van der Waals surface area contributed by atoms with Crippen molar-refractivity contribution < 1.29 is 17.0 Å². The number of hydrogen-bond acceptors (Lipinski definition) is 2. The van der Waals surface area contributed by atoms with Crippen molar-refractivity contribution in [1.29, 1.82) is 5.41 Å². The molecule has 0 amide bonds. The number of amidine groups is 1. The van der Waals surface area contributed by atoms with Crippen LogP contribution in [0.3, 0.4) is 0 Å². The van der Waals surface area contributed by atoms with Gasteiger partial charge in [-0.05, 0) is 24.6 Å². The summed E-state index contributed by atoms with van der Waals surface area (Å²) in [5.74, 6) is 1.02. The van der Waals surface area contributed by atoms with Crippen LogP contribution in [0.2, 0.25) is 10.0 Å². The maximum absolute atomic E-state index is 7.82. The average Bonchev–Trinajstić information content (AvgIpc) is 2.23. The molecule has 1 N–H and O–H groups in total. The largest absolute Gasteiger partial charge is 1.00 e. The predicted octanol–water partition coefficient (Wildman–Crippen LogP) is 0.875. The van der Waals surface area contributed by atoms with Crippen molar-refractivity contribution in [3.63, 3.8) is 0 Å². The summed E-state index contributed by atoms with van der Waals surface area (Å²) in [6, 6.07) is 5.48. The summed E-state index contributed by atoms with van der Waals surface area (Å²) in [6.07, 6.45) is 1.09. The molecule has 0 unspecified atom stereocenters. The van der Waals surface area contributed by atoms with Gasteiger partial charge in [0.25, 0.3) is 0 Å². The van der Waals surface area contributed by atoms with Crippen LogP contribution < -0.4 is 21.9 Å². The molecule has 6 heteroatoms. The molecule has 1 aromatic carbocycles. The Kier molecular flexibility index (Phi) is 5.44. The Balaban J connectivity index is 0.00000128. The SMILES string of the molecule is N=C1SCCCN1c1ccc(Cl)c(Cl)c1.[Br-]. The Labute approximate surface area is 120 Å². The normalized spacial score (nSPS) is 15.9. The van der Waals surface area contributed by atoms with Gasteiger partial charge in [0.2, 0.25) is 0 Å². The van der Waals surface area contributed by atoms with Gasteiger partial charge in [-0.3, -0.25) is 5.41 Å². The summed E-state index contributed by atoms with van der Waals surface area (Å²) in [4.78, 5) is 1.95. The standard InChI is InChI=1S/C10H10Cl2N2S.BrH/c11-8-3-2-7(6-9(8)12)14-4-1-5-15-10(14)13;/h2-3,6,13H,1,4-5H2;1H/p-1. The summed E-state index contributed by atoms with van der Waals surface area (Å²) in [5.41, 5.74) is 0.946. The van der Waals surface area contributed by atoms with E-state index in [0.29, 0.717) is 15.2 Å². The van der Waals surface area contributed by atoms with E-state index in [-0.39, 0.29) is 17.0 Å². The molecule has 16 heavy (non-hydrogen) atoms. The van der Waals surface area contributed by atoms with E-state index in [1.807, 2.05) is 17.0 Å². The van der Waals surface area contributed by atoms with Gasteiger partial charge in [-0.25, -0.2) is 0 Å². The Morgan fingerprint density at radius 3 is 2.62 bits per heavy atom. The fourth-order valence-corrected chi connectivity index (χ4v) is 2.58. The van der Waals surface area contributed by atoms with E-state index in [1.165, 1.54) is 0 Å². The zero-order valence-corrected chi connectivity index (χ0v) is 12.3. The fourth-order valence-electron chi connectivity index (χ4n) is 1.47. The van der Waals surface area contributed by atoms with Crippen molar-refractivity contribution in [3.05, 3.63) is 28.2 Å². The highest BCUT2D eigenvalue weighted by Gasteiger charge is 2.17. The fraction of sp³-hybridized carbons (Fsp3) is 0.300. The van der Waals surface area contributed by atoms with Crippen LogP contribution in [0.4, 0.5) is 5.69 Å². The molecule has 0 bridgehead atoms. The number of nitrogens with zero attached hydrogens (tertiary/aromatic N) is 1. The third kappa shape index (κ3) is 3.06. The topological polar surface area (TPSA) is 27.1 Å². The van der Waals surface area contributed by atoms with Gasteiger partial charge in [-0.2, -0.15) is 0 Å². The molecule has 0 aromatic heterocycles. The Morgan fingerprint density at radius 2 is 2.00 bits per heavy atom. The molecule has 2 nitrogen and oxygen atoms in total. The molecule has 1 heterocycles. The van der Waals surface area contributed by atoms with E-state index >= 15 is 0 Å². The lowest BCUT2D eigenvalue weighted by Gasteiger charge is -2.28. The van der Waals surface area contributed by atoms with Crippen LogP contribution in [-0.2, 0) is 0 Å². The summed E-state index contributed by atoms with van der Waals surface area (Å²) in [7, 11) is 0. The number of rotatable bonds is 1. The number of hydrogen-bond donors (Lipinski definition) is 1. The van der Waals surface area contributed by atoms with Crippen molar-refractivity contribution in [2.24, 2.45) is 0 Å². The molecule has 0 spiro atoms. The van der Waals surface area contributed by atoms with Crippen molar-refractivity contribution in [2.75, 3.05) is 17.2 Å². The van der Waals surface area contributed by atoms with Crippen molar-refractivity contribution in [2.45, 2.75) is 6.42 Å².